The molecule has 1 N–H and O–H groups in total. The molecule has 2 amide bonds. The van der Waals surface area contributed by atoms with E-state index in [2.05, 4.69) is 12.2 Å². The Morgan fingerprint density at radius 1 is 1.35 bits per heavy atom. The summed E-state index contributed by atoms with van der Waals surface area (Å²) in [6.07, 6.45) is 4.56. The minimum atomic E-state index is 0.128. The van der Waals surface area contributed by atoms with Crippen molar-refractivity contribution in [2.24, 2.45) is 11.8 Å². The number of amides is 2. The van der Waals surface area contributed by atoms with Crippen LogP contribution in [-0.4, -0.2) is 43.8 Å². The van der Waals surface area contributed by atoms with Crippen molar-refractivity contribution < 1.29 is 9.53 Å². The second kappa shape index (κ2) is 6.24. The second-order valence-corrected chi connectivity index (χ2v) is 5.44. The predicted octanol–water partition coefficient (Wildman–Crippen LogP) is 1.85. The van der Waals surface area contributed by atoms with Gasteiger partial charge in [0.2, 0.25) is 0 Å². The predicted molar refractivity (Wildman–Crippen MR) is 66.9 cm³/mol. The van der Waals surface area contributed by atoms with Crippen molar-refractivity contribution >= 4 is 6.03 Å². The van der Waals surface area contributed by atoms with Crippen LogP contribution in [0.1, 0.15) is 32.6 Å². The van der Waals surface area contributed by atoms with Crippen LogP contribution in [0.5, 0.6) is 0 Å². The lowest BCUT2D eigenvalue weighted by atomic mass is 10.00. The lowest BCUT2D eigenvalue weighted by molar-refractivity contribution is 0.0661. The van der Waals surface area contributed by atoms with Crippen molar-refractivity contribution in [3.05, 3.63) is 0 Å². The van der Waals surface area contributed by atoms with E-state index in [-0.39, 0.29) is 6.03 Å². The van der Waals surface area contributed by atoms with Gasteiger partial charge >= 0.3 is 6.03 Å². The van der Waals surface area contributed by atoms with Crippen LogP contribution in [0, 0.1) is 11.8 Å². The minimum absolute atomic E-state index is 0.128. The van der Waals surface area contributed by atoms with Gasteiger partial charge in [-0.2, -0.15) is 0 Å². The molecule has 17 heavy (non-hydrogen) atoms. The quantitative estimate of drug-likeness (QED) is 0.800. The number of nitrogens with zero attached hydrogens (tertiary/aromatic N) is 1. The van der Waals surface area contributed by atoms with Crippen molar-refractivity contribution in [1.82, 2.24) is 10.2 Å². The molecule has 98 valence electrons. The summed E-state index contributed by atoms with van der Waals surface area (Å²) in [6.45, 7) is 6.57. The van der Waals surface area contributed by atoms with Gasteiger partial charge in [-0.05, 0) is 37.5 Å². The van der Waals surface area contributed by atoms with Gasteiger partial charge in [-0.25, -0.2) is 4.79 Å². The van der Waals surface area contributed by atoms with Crippen LogP contribution in [0.25, 0.3) is 0 Å². The van der Waals surface area contributed by atoms with E-state index in [4.69, 9.17) is 4.74 Å². The molecule has 4 nitrogen and oxygen atoms in total. The minimum Gasteiger partial charge on any atom is -0.381 e. The van der Waals surface area contributed by atoms with Crippen LogP contribution in [0.3, 0.4) is 0 Å². The van der Waals surface area contributed by atoms with Crippen molar-refractivity contribution in [2.75, 3.05) is 32.8 Å². The molecular weight excluding hydrogens is 216 g/mol. The zero-order valence-corrected chi connectivity index (χ0v) is 10.8. The molecule has 0 aromatic rings. The average Bonchev–Trinajstić information content (AvgIpc) is 2.37. The Balaban J connectivity index is 1.69. The van der Waals surface area contributed by atoms with Gasteiger partial charge in [-0.3, -0.25) is 0 Å². The number of carbonyl (C=O) groups excluding carboxylic acids is 1. The highest BCUT2D eigenvalue weighted by atomic mass is 16.5. The maximum absolute atomic E-state index is 12.0. The number of piperidine rings is 1. The molecule has 1 atom stereocenters. The summed E-state index contributed by atoms with van der Waals surface area (Å²) < 4.78 is 5.31. The summed E-state index contributed by atoms with van der Waals surface area (Å²) in [7, 11) is 0. The number of rotatable bonds is 2. The Labute approximate surface area is 104 Å². The summed E-state index contributed by atoms with van der Waals surface area (Å²) in [4.78, 5) is 13.9. The smallest absolute Gasteiger partial charge is 0.317 e. The Kier molecular flexibility index (Phi) is 4.66. The van der Waals surface area contributed by atoms with Crippen LogP contribution in [0.15, 0.2) is 0 Å². The maximum Gasteiger partial charge on any atom is 0.317 e. The molecule has 0 saturated carbocycles. The Bertz CT molecular complexity index is 252. The van der Waals surface area contributed by atoms with Crippen molar-refractivity contribution in [3.8, 4) is 0 Å². The van der Waals surface area contributed by atoms with Gasteiger partial charge in [-0.1, -0.05) is 6.92 Å². The Morgan fingerprint density at radius 3 is 2.82 bits per heavy atom. The van der Waals surface area contributed by atoms with Crippen LogP contribution in [0.4, 0.5) is 4.79 Å². The van der Waals surface area contributed by atoms with Crippen molar-refractivity contribution in [1.29, 1.82) is 0 Å². The molecule has 0 radical (unpaired) electrons. The molecule has 0 aromatic carbocycles. The lowest BCUT2D eigenvalue weighted by Gasteiger charge is -2.31. The molecule has 2 fully saturated rings. The molecule has 2 aliphatic heterocycles. The summed E-state index contributed by atoms with van der Waals surface area (Å²) in [6, 6.07) is 0.128. The van der Waals surface area contributed by atoms with Gasteiger partial charge in [0.05, 0.1) is 0 Å². The fourth-order valence-corrected chi connectivity index (χ4v) is 2.67. The van der Waals surface area contributed by atoms with Crippen molar-refractivity contribution in [2.45, 2.75) is 32.6 Å². The summed E-state index contributed by atoms with van der Waals surface area (Å²) in [5.41, 5.74) is 0. The summed E-state index contributed by atoms with van der Waals surface area (Å²) in [5.74, 6) is 1.26. The third-order valence-electron chi connectivity index (χ3n) is 3.83. The maximum atomic E-state index is 12.0. The first-order valence-corrected chi connectivity index (χ1v) is 6.86. The van der Waals surface area contributed by atoms with Gasteiger partial charge in [0, 0.05) is 32.8 Å². The van der Waals surface area contributed by atoms with Gasteiger partial charge in [0.15, 0.2) is 0 Å². The molecule has 4 heteroatoms. The number of hydrogen-bond donors (Lipinski definition) is 1. The third-order valence-corrected chi connectivity index (χ3v) is 3.83. The standard InChI is InChI=1S/C13H24N2O2/c1-11-3-2-6-15(10-11)13(16)14-9-12-4-7-17-8-5-12/h11-12H,2-10H2,1H3,(H,14,16). The first kappa shape index (κ1) is 12.7. The van der Waals surface area contributed by atoms with E-state index >= 15 is 0 Å². The molecule has 2 rings (SSSR count). The normalized spacial score (nSPS) is 26.9. The van der Waals surface area contributed by atoms with Crippen LogP contribution in [0.2, 0.25) is 0 Å². The second-order valence-electron chi connectivity index (χ2n) is 5.44. The first-order chi connectivity index (χ1) is 8.25. The van der Waals surface area contributed by atoms with Gasteiger partial charge < -0.3 is 15.0 Å². The van der Waals surface area contributed by atoms with Gasteiger partial charge in [-0.15, -0.1) is 0 Å². The zero-order valence-electron chi connectivity index (χ0n) is 10.8. The monoisotopic (exact) mass is 240 g/mol. The molecule has 2 aliphatic rings. The lowest BCUT2D eigenvalue weighted by Crippen LogP contribution is -2.46. The van der Waals surface area contributed by atoms with Gasteiger partial charge in [0.1, 0.15) is 0 Å². The van der Waals surface area contributed by atoms with Crippen LogP contribution >= 0.6 is 0 Å². The Hall–Kier alpha value is -0.770. The average molecular weight is 240 g/mol. The van der Waals surface area contributed by atoms with Crippen LogP contribution in [-0.2, 0) is 4.74 Å². The third kappa shape index (κ3) is 3.87. The van der Waals surface area contributed by atoms with E-state index < -0.39 is 0 Å². The molecule has 2 heterocycles. The number of hydrogen-bond acceptors (Lipinski definition) is 2. The largest absolute Gasteiger partial charge is 0.381 e. The highest BCUT2D eigenvalue weighted by Crippen LogP contribution is 2.16. The SMILES string of the molecule is CC1CCCN(C(=O)NCC2CCOCC2)C1. The topological polar surface area (TPSA) is 41.6 Å². The zero-order chi connectivity index (χ0) is 12.1. The van der Waals surface area contributed by atoms with E-state index in [0.717, 1.165) is 52.1 Å². The number of ether oxygens (including phenoxy) is 1. The number of urea groups is 1. The fourth-order valence-electron chi connectivity index (χ4n) is 2.67. The van der Waals surface area contributed by atoms with E-state index in [0.29, 0.717) is 11.8 Å². The van der Waals surface area contributed by atoms with Crippen molar-refractivity contribution in [3.63, 3.8) is 0 Å². The molecular formula is C13H24N2O2. The molecule has 0 aliphatic carbocycles. The van der Waals surface area contributed by atoms with Crippen LogP contribution < -0.4 is 5.32 Å². The van der Waals surface area contributed by atoms with E-state index in [9.17, 15) is 4.79 Å². The summed E-state index contributed by atoms with van der Waals surface area (Å²) >= 11 is 0. The Morgan fingerprint density at radius 2 is 2.12 bits per heavy atom. The number of carbonyl (C=O) groups is 1. The van der Waals surface area contributed by atoms with Gasteiger partial charge in [0.25, 0.3) is 0 Å². The molecule has 0 spiro atoms. The first-order valence-electron chi connectivity index (χ1n) is 6.86. The molecule has 1 unspecified atom stereocenters. The summed E-state index contributed by atoms with van der Waals surface area (Å²) in [5, 5.41) is 3.07. The molecule has 2 saturated heterocycles. The van der Waals surface area contributed by atoms with E-state index in [1.54, 1.807) is 0 Å². The number of likely N-dealkylation sites (tertiary alicyclic amines) is 1. The van der Waals surface area contributed by atoms with E-state index in [1.165, 1.54) is 6.42 Å². The number of nitrogens with one attached hydrogen (secondary N) is 1. The highest BCUT2D eigenvalue weighted by Gasteiger charge is 2.21. The molecule has 0 bridgehead atoms. The molecule has 0 aromatic heterocycles. The van der Waals surface area contributed by atoms with E-state index in [1.807, 2.05) is 4.90 Å². The highest BCUT2D eigenvalue weighted by molar-refractivity contribution is 5.74. The fraction of sp³-hybridized carbons (Fsp3) is 0.923.